The number of ketones is 1. The van der Waals surface area contributed by atoms with Gasteiger partial charge in [0, 0.05) is 12.0 Å². The van der Waals surface area contributed by atoms with Crippen LogP contribution in [0.25, 0.3) is 5.57 Å². The highest BCUT2D eigenvalue weighted by atomic mass is 16.1. The molecule has 0 atom stereocenters. The monoisotopic (exact) mass is 261 g/mol. The van der Waals surface area contributed by atoms with Gasteiger partial charge in [-0.2, -0.15) is 5.26 Å². The van der Waals surface area contributed by atoms with Crippen molar-refractivity contribution in [2.75, 3.05) is 0 Å². The van der Waals surface area contributed by atoms with Gasteiger partial charge in [0.2, 0.25) is 0 Å². The third kappa shape index (κ3) is 3.66. The molecule has 0 saturated carbocycles. The molecule has 0 N–H and O–H groups in total. The van der Waals surface area contributed by atoms with Gasteiger partial charge in [-0.3, -0.25) is 4.79 Å². The maximum absolute atomic E-state index is 12.2. The summed E-state index contributed by atoms with van der Waals surface area (Å²) in [6, 6.07) is 21.0. The third-order valence-corrected chi connectivity index (χ3v) is 3.01. The molecule has 0 aliphatic heterocycles. The lowest BCUT2D eigenvalue weighted by atomic mass is 9.98. The number of rotatable bonds is 5. The van der Waals surface area contributed by atoms with Crippen LogP contribution in [0.2, 0.25) is 0 Å². The summed E-state index contributed by atoms with van der Waals surface area (Å²) in [4.78, 5) is 12.2. The first-order chi connectivity index (χ1) is 9.81. The first-order valence-electron chi connectivity index (χ1n) is 6.53. The van der Waals surface area contributed by atoms with E-state index in [1.807, 2.05) is 48.5 Å². The van der Waals surface area contributed by atoms with E-state index in [1.165, 1.54) is 0 Å². The minimum Gasteiger partial charge on any atom is -0.289 e. The Labute approximate surface area is 119 Å². The third-order valence-electron chi connectivity index (χ3n) is 3.01. The van der Waals surface area contributed by atoms with Crippen LogP contribution in [0.5, 0.6) is 0 Å². The highest BCUT2D eigenvalue weighted by Crippen LogP contribution is 2.20. The molecule has 0 bridgehead atoms. The molecule has 0 unspecified atom stereocenters. The van der Waals surface area contributed by atoms with Crippen LogP contribution in [0.4, 0.5) is 0 Å². The molecule has 2 nitrogen and oxygen atoms in total. The van der Waals surface area contributed by atoms with Crippen molar-refractivity contribution in [1.29, 1.82) is 5.26 Å². The average molecular weight is 261 g/mol. The lowest BCUT2D eigenvalue weighted by Gasteiger charge is -2.05. The van der Waals surface area contributed by atoms with Crippen LogP contribution in [-0.2, 0) is 0 Å². The normalized spacial score (nSPS) is 10.8. The zero-order valence-corrected chi connectivity index (χ0v) is 11.1. The number of allylic oxidation sites excluding steroid dienone is 2. The Kier molecular flexibility index (Phi) is 4.86. The van der Waals surface area contributed by atoms with E-state index >= 15 is 0 Å². The fourth-order valence-electron chi connectivity index (χ4n) is 1.99. The zero-order valence-electron chi connectivity index (χ0n) is 11.1. The number of benzene rings is 2. The summed E-state index contributed by atoms with van der Waals surface area (Å²) < 4.78 is 0. The Morgan fingerprint density at radius 3 is 2.05 bits per heavy atom. The quantitative estimate of drug-likeness (QED) is 0.596. The Morgan fingerprint density at radius 2 is 1.50 bits per heavy atom. The number of nitrogens with zero attached hydrogens (tertiary/aromatic N) is 1. The van der Waals surface area contributed by atoms with Crippen molar-refractivity contribution < 1.29 is 4.79 Å². The molecule has 0 aliphatic carbocycles. The molecule has 0 heterocycles. The number of carbonyl (C=O) groups is 1. The van der Waals surface area contributed by atoms with E-state index < -0.39 is 0 Å². The molecule has 0 radical (unpaired) electrons. The molecule has 0 spiro atoms. The van der Waals surface area contributed by atoms with Gasteiger partial charge in [0.05, 0.1) is 6.07 Å². The van der Waals surface area contributed by atoms with Crippen LogP contribution < -0.4 is 0 Å². The zero-order chi connectivity index (χ0) is 14.2. The van der Waals surface area contributed by atoms with Gasteiger partial charge in [-0.15, -0.1) is 0 Å². The predicted molar refractivity (Wildman–Crippen MR) is 80.0 cm³/mol. The van der Waals surface area contributed by atoms with E-state index in [9.17, 15) is 4.79 Å². The summed E-state index contributed by atoms with van der Waals surface area (Å²) in [7, 11) is 0. The van der Waals surface area contributed by atoms with Gasteiger partial charge in [0.25, 0.3) is 0 Å². The van der Waals surface area contributed by atoms with Crippen molar-refractivity contribution in [2.24, 2.45) is 0 Å². The summed E-state index contributed by atoms with van der Waals surface area (Å²) in [6.07, 6.45) is 2.63. The SMILES string of the molecule is N#CCC/C(=C\C(=O)c1ccccc1)c1ccccc1. The molecule has 0 fully saturated rings. The molecule has 2 rings (SSSR count). The predicted octanol–water partition coefficient (Wildman–Crippen LogP) is 4.26. The Bertz CT molecular complexity index is 636. The van der Waals surface area contributed by atoms with Crippen LogP contribution in [0.3, 0.4) is 0 Å². The largest absolute Gasteiger partial charge is 0.289 e. The summed E-state index contributed by atoms with van der Waals surface area (Å²) in [5.74, 6) is -0.0256. The van der Waals surface area contributed by atoms with Crippen molar-refractivity contribution in [1.82, 2.24) is 0 Å². The van der Waals surface area contributed by atoms with Crippen molar-refractivity contribution in [2.45, 2.75) is 12.8 Å². The van der Waals surface area contributed by atoms with E-state index in [1.54, 1.807) is 18.2 Å². The standard InChI is InChI=1S/C18H15NO/c19-13-7-12-17(15-8-3-1-4-9-15)14-18(20)16-10-5-2-6-11-16/h1-6,8-11,14H,7,12H2/b17-14+. The maximum Gasteiger partial charge on any atom is 0.186 e. The Morgan fingerprint density at radius 1 is 0.950 bits per heavy atom. The Hall–Kier alpha value is -2.66. The van der Waals surface area contributed by atoms with Crippen molar-refractivity contribution in [3.63, 3.8) is 0 Å². The van der Waals surface area contributed by atoms with Gasteiger partial charge >= 0.3 is 0 Å². The molecular formula is C18H15NO. The van der Waals surface area contributed by atoms with Gasteiger partial charge in [0.1, 0.15) is 0 Å². The van der Waals surface area contributed by atoms with Crippen molar-refractivity contribution in [3.8, 4) is 6.07 Å². The fourth-order valence-corrected chi connectivity index (χ4v) is 1.99. The van der Waals surface area contributed by atoms with Gasteiger partial charge < -0.3 is 0 Å². The second-order valence-corrected chi connectivity index (χ2v) is 4.42. The number of hydrogen-bond acceptors (Lipinski definition) is 2. The summed E-state index contributed by atoms with van der Waals surface area (Å²) in [6.45, 7) is 0. The van der Waals surface area contributed by atoms with Gasteiger partial charge in [-0.25, -0.2) is 0 Å². The highest BCUT2D eigenvalue weighted by molar-refractivity contribution is 6.08. The number of nitriles is 1. The van der Waals surface area contributed by atoms with E-state index in [-0.39, 0.29) is 5.78 Å². The van der Waals surface area contributed by atoms with Gasteiger partial charge in [0.15, 0.2) is 5.78 Å². The van der Waals surface area contributed by atoms with E-state index in [2.05, 4.69) is 6.07 Å². The molecule has 98 valence electrons. The molecule has 2 aromatic carbocycles. The molecule has 0 aromatic heterocycles. The van der Waals surface area contributed by atoms with Crippen LogP contribution in [-0.4, -0.2) is 5.78 Å². The molecule has 0 saturated heterocycles. The fraction of sp³-hybridized carbons (Fsp3) is 0.111. The van der Waals surface area contributed by atoms with Gasteiger partial charge in [-0.1, -0.05) is 60.7 Å². The van der Waals surface area contributed by atoms with Crippen LogP contribution in [0, 0.1) is 11.3 Å². The minimum atomic E-state index is -0.0256. The first kappa shape index (κ1) is 13.8. The summed E-state index contributed by atoms with van der Waals surface area (Å²) in [5.41, 5.74) is 2.56. The number of hydrogen-bond donors (Lipinski definition) is 0. The average Bonchev–Trinajstić information content (AvgIpc) is 2.53. The van der Waals surface area contributed by atoms with Crippen LogP contribution in [0.1, 0.15) is 28.8 Å². The Balaban J connectivity index is 2.29. The smallest absolute Gasteiger partial charge is 0.186 e. The van der Waals surface area contributed by atoms with Crippen molar-refractivity contribution in [3.05, 3.63) is 77.9 Å². The summed E-state index contributed by atoms with van der Waals surface area (Å²) >= 11 is 0. The maximum atomic E-state index is 12.2. The topological polar surface area (TPSA) is 40.9 Å². The minimum absolute atomic E-state index is 0.0256. The molecule has 0 aliphatic rings. The molecule has 20 heavy (non-hydrogen) atoms. The van der Waals surface area contributed by atoms with Crippen molar-refractivity contribution >= 4 is 11.4 Å². The first-order valence-corrected chi connectivity index (χ1v) is 6.53. The number of carbonyl (C=O) groups excluding carboxylic acids is 1. The van der Waals surface area contributed by atoms with E-state index in [4.69, 9.17) is 5.26 Å². The lowest BCUT2D eigenvalue weighted by Crippen LogP contribution is -1.96. The second-order valence-electron chi connectivity index (χ2n) is 4.42. The van der Waals surface area contributed by atoms with E-state index in [0.717, 1.165) is 11.1 Å². The lowest BCUT2D eigenvalue weighted by molar-refractivity contribution is 0.104. The molecule has 2 aromatic rings. The van der Waals surface area contributed by atoms with Crippen LogP contribution >= 0.6 is 0 Å². The highest BCUT2D eigenvalue weighted by Gasteiger charge is 2.06. The van der Waals surface area contributed by atoms with Gasteiger partial charge in [-0.05, 0) is 23.6 Å². The second kappa shape index (κ2) is 7.06. The van der Waals surface area contributed by atoms with Crippen LogP contribution in [0.15, 0.2) is 66.7 Å². The molecule has 0 amide bonds. The van der Waals surface area contributed by atoms with E-state index in [0.29, 0.717) is 18.4 Å². The molecular weight excluding hydrogens is 246 g/mol. The summed E-state index contributed by atoms with van der Waals surface area (Å²) in [5, 5.41) is 8.75. The molecule has 2 heteroatoms.